The molecule has 0 aliphatic heterocycles. The zero-order valence-corrected chi connectivity index (χ0v) is 10.7. The first kappa shape index (κ1) is 10.6. The second-order valence-corrected chi connectivity index (χ2v) is 4.75. The Kier molecular flexibility index (Phi) is 2.15. The zero-order valence-electron chi connectivity index (χ0n) is 10.7. The first-order chi connectivity index (χ1) is 9.36. The lowest BCUT2D eigenvalue weighted by molar-refractivity contribution is 1.25. The van der Waals surface area contributed by atoms with Crippen molar-refractivity contribution in [1.29, 1.82) is 0 Å². The highest BCUT2D eigenvalue weighted by atomic mass is 15.0. The van der Waals surface area contributed by atoms with Crippen LogP contribution in [0.3, 0.4) is 0 Å². The third-order valence-electron chi connectivity index (χ3n) is 3.65. The molecule has 2 heterocycles. The van der Waals surface area contributed by atoms with Gasteiger partial charge in [-0.1, -0.05) is 42.6 Å². The van der Waals surface area contributed by atoms with Gasteiger partial charge in [0.15, 0.2) is 0 Å². The van der Waals surface area contributed by atoms with E-state index in [4.69, 9.17) is 4.98 Å². The van der Waals surface area contributed by atoms with E-state index in [1.54, 1.807) is 0 Å². The van der Waals surface area contributed by atoms with Gasteiger partial charge in [0.05, 0.1) is 11.0 Å². The van der Waals surface area contributed by atoms with Gasteiger partial charge >= 0.3 is 0 Å². The number of fused-ring (bicyclic) bond motifs is 5. The van der Waals surface area contributed by atoms with Crippen LogP contribution in [0.25, 0.3) is 27.5 Å². The van der Waals surface area contributed by atoms with Crippen LogP contribution in [0.5, 0.6) is 0 Å². The number of hydrogen-bond donors (Lipinski definition) is 0. The fourth-order valence-electron chi connectivity index (χ4n) is 2.63. The summed E-state index contributed by atoms with van der Waals surface area (Å²) in [5.74, 6) is 0. The molecule has 4 aromatic rings. The molecule has 0 aliphatic carbocycles. The first-order valence-electron chi connectivity index (χ1n) is 6.46. The van der Waals surface area contributed by atoms with Gasteiger partial charge in [-0.05, 0) is 23.6 Å². The molecule has 0 aliphatic rings. The second kappa shape index (κ2) is 3.85. The molecule has 0 fully saturated rings. The molecule has 0 atom stereocenters. The van der Waals surface area contributed by atoms with Crippen molar-refractivity contribution in [2.24, 2.45) is 0 Å². The molecule has 1 radical (unpaired) electrons. The Hall–Kier alpha value is -2.29. The van der Waals surface area contributed by atoms with Gasteiger partial charge in [-0.3, -0.25) is 4.40 Å². The predicted molar refractivity (Wildman–Crippen MR) is 81.5 cm³/mol. The number of imidazole rings is 1. The van der Waals surface area contributed by atoms with Crippen LogP contribution >= 0.6 is 0 Å². The first-order valence-corrected chi connectivity index (χ1v) is 6.46. The van der Waals surface area contributed by atoms with Crippen molar-refractivity contribution in [3.63, 3.8) is 0 Å². The third kappa shape index (κ3) is 1.48. The van der Waals surface area contributed by atoms with Crippen LogP contribution in [-0.2, 0) is 0 Å². The van der Waals surface area contributed by atoms with Crippen molar-refractivity contribution < 1.29 is 0 Å². The molecule has 2 aromatic carbocycles. The van der Waals surface area contributed by atoms with E-state index in [2.05, 4.69) is 73.2 Å². The molecule has 0 saturated carbocycles. The Morgan fingerprint density at radius 2 is 1.95 bits per heavy atom. The summed E-state index contributed by atoms with van der Waals surface area (Å²) in [4.78, 5) is 4.77. The summed E-state index contributed by atoms with van der Waals surface area (Å²) in [6.45, 7) is 2.06. The number of hydrogen-bond acceptors (Lipinski definition) is 1. The van der Waals surface area contributed by atoms with Crippen molar-refractivity contribution in [3.05, 3.63) is 54.7 Å². The van der Waals surface area contributed by atoms with E-state index in [0.29, 0.717) is 0 Å². The molecule has 19 heavy (non-hydrogen) atoms. The molecule has 0 spiro atoms. The van der Waals surface area contributed by atoms with Gasteiger partial charge in [0.2, 0.25) is 0 Å². The Balaban J connectivity index is 2.21. The van der Waals surface area contributed by atoms with Crippen molar-refractivity contribution in [3.8, 4) is 0 Å². The summed E-state index contributed by atoms with van der Waals surface area (Å²) in [6, 6.07) is 16.9. The van der Waals surface area contributed by atoms with Gasteiger partial charge in [-0.2, -0.15) is 0 Å². The van der Waals surface area contributed by atoms with Crippen molar-refractivity contribution >= 4 is 40.2 Å². The molecule has 0 unspecified atom stereocenters. The van der Waals surface area contributed by atoms with E-state index in [9.17, 15) is 0 Å². The van der Waals surface area contributed by atoms with Gasteiger partial charge in [0.25, 0.3) is 0 Å². The summed E-state index contributed by atoms with van der Waals surface area (Å²) in [5.41, 5.74) is 4.46. The molecule has 2 aromatic heterocycles. The second-order valence-electron chi connectivity index (χ2n) is 4.75. The van der Waals surface area contributed by atoms with E-state index in [1.165, 1.54) is 16.2 Å². The summed E-state index contributed by atoms with van der Waals surface area (Å²) in [7, 11) is 2.11. The van der Waals surface area contributed by atoms with Crippen LogP contribution in [0, 0.1) is 0 Å². The maximum absolute atomic E-state index is 4.77. The summed E-state index contributed by atoms with van der Waals surface area (Å²) in [5, 5.41) is 2.43. The van der Waals surface area contributed by atoms with Crippen LogP contribution in [0.15, 0.2) is 54.7 Å². The largest absolute Gasteiger partial charge is 0.299 e. The minimum atomic E-state index is 1.03. The van der Waals surface area contributed by atoms with Crippen molar-refractivity contribution in [2.45, 2.75) is 6.82 Å². The number of benzene rings is 2. The lowest BCUT2D eigenvalue weighted by atomic mass is 9.73. The number of nitrogens with zero attached hydrogens (tertiary/aromatic N) is 2. The van der Waals surface area contributed by atoms with Gasteiger partial charge < -0.3 is 0 Å². The summed E-state index contributed by atoms with van der Waals surface area (Å²) >= 11 is 0. The van der Waals surface area contributed by atoms with Crippen LogP contribution in [0.4, 0.5) is 0 Å². The Labute approximate surface area is 111 Å². The quantitative estimate of drug-likeness (QED) is 0.470. The number of aromatic nitrogens is 2. The Morgan fingerprint density at radius 3 is 2.84 bits per heavy atom. The SMILES string of the molecule is C[B]c1ccc2nc3c4ccccc4ccn3c2c1. The average Bonchev–Trinajstić information content (AvgIpc) is 2.85. The van der Waals surface area contributed by atoms with Gasteiger partial charge in [0, 0.05) is 11.6 Å². The highest BCUT2D eigenvalue weighted by molar-refractivity contribution is 6.52. The van der Waals surface area contributed by atoms with E-state index < -0.39 is 0 Å². The van der Waals surface area contributed by atoms with Gasteiger partial charge in [-0.25, -0.2) is 4.98 Å². The van der Waals surface area contributed by atoms with Crippen LogP contribution in [-0.4, -0.2) is 16.7 Å². The Morgan fingerprint density at radius 1 is 1.05 bits per heavy atom. The highest BCUT2D eigenvalue weighted by Crippen LogP contribution is 2.23. The smallest absolute Gasteiger partial charge is 0.148 e. The minimum Gasteiger partial charge on any atom is -0.299 e. The lowest BCUT2D eigenvalue weighted by Crippen LogP contribution is -2.09. The molecular weight excluding hydrogens is 231 g/mol. The summed E-state index contributed by atoms with van der Waals surface area (Å²) < 4.78 is 2.17. The summed E-state index contributed by atoms with van der Waals surface area (Å²) in [6.07, 6.45) is 2.10. The molecule has 0 N–H and O–H groups in total. The fourth-order valence-corrected chi connectivity index (χ4v) is 2.63. The molecular formula is C16H12BN2. The molecule has 4 rings (SSSR count). The van der Waals surface area contributed by atoms with E-state index in [0.717, 1.165) is 16.7 Å². The highest BCUT2D eigenvalue weighted by Gasteiger charge is 2.07. The van der Waals surface area contributed by atoms with Crippen LogP contribution in [0.2, 0.25) is 6.82 Å². The molecule has 2 nitrogen and oxygen atoms in total. The van der Waals surface area contributed by atoms with Crippen LogP contribution < -0.4 is 5.46 Å². The maximum atomic E-state index is 4.77. The van der Waals surface area contributed by atoms with Crippen molar-refractivity contribution in [2.75, 3.05) is 0 Å². The van der Waals surface area contributed by atoms with E-state index >= 15 is 0 Å². The van der Waals surface area contributed by atoms with Gasteiger partial charge in [-0.15, -0.1) is 0 Å². The molecule has 0 saturated heterocycles. The fraction of sp³-hybridized carbons (Fsp3) is 0.0625. The third-order valence-corrected chi connectivity index (χ3v) is 3.65. The maximum Gasteiger partial charge on any atom is 0.148 e. The topological polar surface area (TPSA) is 17.3 Å². The van der Waals surface area contributed by atoms with E-state index in [1.807, 2.05) is 0 Å². The lowest BCUT2D eigenvalue weighted by Gasteiger charge is -2.01. The molecule has 0 amide bonds. The predicted octanol–water partition coefficient (Wildman–Crippen LogP) is 3.02. The van der Waals surface area contributed by atoms with Gasteiger partial charge in [0.1, 0.15) is 12.9 Å². The normalized spacial score (nSPS) is 11.4. The molecule has 3 heteroatoms. The Bertz CT molecular complexity index is 908. The monoisotopic (exact) mass is 243 g/mol. The molecule has 89 valence electrons. The van der Waals surface area contributed by atoms with Crippen molar-refractivity contribution in [1.82, 2.24) is 9.38 Å². The number of pyridine rings is 1. The average molecular weight is 243 g/mol. The van der Waals surface area contributed by atoms with Crippen LogP contribution in [0.1, 0.15) is 0 Å². The standard InChI is InChI=1S/C16H12BN2/c1-17-12-6-7-14-15(10-12)19-9-8-11-4-2-3-5-13(11)16(19)18-14/h2-10H,1H3. The minimum absolute atomic E-state index is 1.03. The molecule has 0 bridgehead atoms. The van der Waals surface area contributed by atoms with E-state index in [-0.39, 0.29) is 0 Å². The number of rotatable bonds is 1. The zero-order chi connectivity index (χ0) is 12.8.